The van der Waals surface area contributed by atoms with E-state index >= 15 is 0 Å². The van der Waals surface area contributed by atoms with Crippen LogP contribution in [0.4, 0.5) is 4.79 Å². The van der Waals surface area contributed by atoms with Crippen LogP contribution in [0.3, 0.4) is 0 Å². The van der Waals surface area contributed by atoms with E-state index in [1.165, 1.54) is 0 Å². The van der Waals surface area contributed by atoms with E-state index in [0.717, 1.165) is 25.7 Å². The molecule has 20 heavy (non-hydrogen) atoms. The quantitative estimate of drug-likeness (QED) is 0.547. The van der Waals surface area contributed by atoms with Crippen molar-refractivity contribution in [2.24, 2.45) is 5.16 Å². The van der Waals surface area contributed by atoms with Crippen molar-refractivity contribution >= 4 is 11.8 Å². The van der Waals surface area contributed by atoms with Crippen LogP contribution in [0.2, 0.25) is 0 Å². The Kier molecular flexibility index (Phi) is 4.22. The summed E-state index contributed by atoms with van der Waals surface area (Å²) in [7, 11) is 0. The predicted molar refractivity (Wildman–Crippen MR) is 74.2 cm³/mol. The van der Waals surface area contributed by atoms with Gasteiger partial charge in [0.25, 0.3) is 0 Å². The zero-order valence-electron chi connectivity index (χ0n) is 12.5. The van der Waals surface area contributed by atoms with Crippen LogP contribution in [0.25, 0.3) is 0 Å². The van der Waals surface area contributed by atoms with E-state index in [2.05, 4.69) is 5.16 Å². The highest BCUT2D eigenvalue weighted by Crippen LogP contribution is 2.34. The summed E-state index contributed by atoms with van der Waals surface area (Å²) in [5.74, 6) is 0. The van der Waals surface area contributed by atoms with Crippen molar-refractivity contribution in [1.82, 2.24) is 4.90 Å². The lowest BCUT2D eigenvalue weighted by molar-refractivity contribution is -0.0838. The number of likely N-dealkylation sites (tertiary alicyclic amines) is 1. The smallest absolute Gasteiger partial charge is 0.410 e. The molecule has 2 rings (SSSR count). The summed E-state index contributed by atoms with van der Waals surface area (Å²) in [6.45, 7) is 7.31. The molecule has 114 valence electrons. The summed E-state index contributed by atoms with van der Waals surface area (Å²) in [4.78, 5) is 13.7. The molecule has 0 radical (unpaired) electrons. The van der Waals surface area contributed by atoms with Gasteiger partial charge in [-0.15, -0.1) is 0 Å². The molecule has 2 aliphatic rings. The van der Waals surface area contributed by atoms with Crippen molar-refractivity contribution in [3.05, 3.63) is 0 Å². The maximum absolute atomic E-state index is 12.0. The molecular formula is C14H24N2O4. The summed E-state index contributed by atoms with van der Waals surface area (Å²) in [5.41, 5.74) is 0.0810. The summed E-state index contributed by atoms with van der Waals surface area (Å²) in [6.07, 6.45) is 2.99. The van der Waals surface area contributed by atoms with Crippen molar-refractivity contribution < 1.29 is 19.5 Å². The third-order valence-corrected chi connectivity index (χ3v) is 3.88. The molecule has 0 unspecified atom stereocenters. The topological polar surface area (TPSA) is 71.4 Å². The fraction of sp³-hybridized carbons (Fsp3) is 0.857. The number of nitrogens with zero attached hydrogens (tertiary/aromatic N) is 2. The second-order valence-corrected chi connectivity index (χ2v) is 6.61. The summed E-state index contributed by atoms with van der Waals surface area (Å²) in [6, 6.07) is 0. The van der Waals surface area contributed by atoms with Gasteiger partial charge in [-0.3, -0.25) is 0 Å². The third kappa shape index (κ3) is 3.62. The lowest BCUT2D eigenvalue weighted by atomic mass is 9.84. The second kappa shape index (κ2) is 5.60. The van der Waals surface area contributed by atoms with Crippen molar-refractivity contribution in [1.29, 1.82) is 0 Å². The molecule has 1 amide bonds. The standard InChI is InChI=1S/C14H24N2O4/c1-13(2,3)20-12(17)16-8-6-14(7-9-16)5-4-11(15-18)10-19-14/h18H,4-10H2,1-3H3/b15-11+. The van der Waals surface area contributed by atoms with Crippen molar-refractivity contribution in [2.75, 3.05) is 19.7 Å². The highest BCUT2D eigenvalue weighted by atomic mass is 16.6. The van der Waals surface area contributed by atoms with Gasteiger partial charge in [-0.2, -0.15) is 0 Å². The van der Waals surface area contributed by atoms with E-state index in [4.69, 9.17) is 14.7 Å². The minimum atomic E-state index is -0.458. The average Bonchev–Trinajstić information content (AvgIpc) is 2.38. The average molecular weight is 284 g/mol. The van der Waals surface area contributed by atoms with E-state index in [9.17, 15) is 4.79 Å². The number of piperidine rings is 1. The van der Waals surface area contributed by atoms with Gasteiger partial charge in [0.05, 0.1) is 17.9 Å². The molecule has 0 aromatic rings. The van der Waals surface area contributed by atoms with Crippen molar-refractivity contribution in [2.45, 2.75) is 57.7 Å². The molecule has 2 heterocycles. The van der Waals surface area contributed by atoms with Crippen LogP contribution in [0, 0.1) is 0 Å². The molecule has 0 aliphatic carbocycles. The van der Waals surface area contributed by atoms with Gasteiger partial charge < -0.3 is 19.6 Å². The van der Waals surface area contributed by atoms with Gasteiger partial charge in [-0.1, -0.05) is 5.16 Å². The fourth-order valence-electron chi connectivity index (χ4n) is 2.65. The highest BCUT2D eigenvalue weighted by molar-refractivity contribution is 5.85. The van der Waals surface area contributed by atoms with Gasteiger partial charge in [-0.25, -0.2) is 4.79 Å². The number of oxime groups is 1. The first kappa shape index (κ1) is 15.1. The Morgan fingerprint density at radius 2 is 2.00 bits per heavy atom. The van der Waals surface area contributed by atoms with Gasteiger partial charge in [0.15, 0.2) is 0 Å². The van der Waals surface area contributed by atoms with Crippen molar-refractivity contribution in [3.8, 4) is 0 Å². The molecule has 6 heteroatoms. The first-order chi connectivity index (χ1) is 9.34. The fourth-order valence-corrected chi connectivity index (χ4v) is 2.65. The Morgan fingerprint density at radius 3 is 2.45 bits per heavy atom. The predicted octanol–water partition coefficient (Wildman–Crippen LogP) is 2.40. The minimum absolute atomic E-state index is 0.160. The molecule has 0 atom stereocenters. The molecule has 0 bridgehead atoms. The first-order valence-electron chi connectivity index (χ1n) is 7.15. The Balaban J connectivity index is 1.85. The SMILES string of the molecule is CC(C)(C)OC(=O)N1CCC2(CC/C(=N\O)CO2)CC1. The number of carbonyl (C=O) groups excluding carboxylic acids is 1. The van der Waals surface area contributed by atoms with E-state index in [-0.39, 0.29) is 11.7 Å². The number of ether oxygens (including phenoxy) is 2. The number of hydrogen-bond acceptors (Lipinski definition) is 5. The highest BCUT2D eigenvalue weighted by Gasteiger charge is 2.40. The number of rotatable bonds is 0. The zero-order chi connectivity index (χ0) is 14.8. The van der Waals surface area contributed by atoms with Crippen LogP contribution < -0.4 is 0 Å². The van der Waals surface area contributed by atoms with Gasteiger partial charge in [0.1, 0.15) is 5.60 Å². The molecule has 2 saturated heterocycles. The van der Waals surface area contributed by atoms with Gasteiger partial charge >= 0.3 is 6.09 Å². The molecule has 1 spiro atoms. The van der Waals surface area contributed by atoms with E-state index in [1.807, 2.05) is 20.8 Å². The lowest BCUT2D eigenvalue weighted by Crippen LogP contribution is -2.51. The zero-order valence-corrected chi connectivity index (χ0v) is 12.5. The molecule has 2 aliphatic heterocycles. The maximum Gasteiger partial charge on any atom is 0.410 e. The molecule has 6 nitrogen and oxygen atoms in total. The van der Waals surface area contributed by atoms with Gasteiger partial charge in [0, 0.05) is 13.1 Å². The summed E-state index contributed by atoms with van der Waals surface area (Å²) >= 11 is 0. The number of hydrogen-bond donors (Lipinski definition) is 1. The second-order valence-electron chi connectivity index (χ2n) is 6.61. The Labute approximate surface area is 119 Å². The summed E-state index contributed by atoms with van der Waals surface area (Å²) < 4.78 is 11.3. The normalized spacial score (nSPS) is 24.9. The number of amides is 1. The molecule has 0 aromatic heterocycles. The van der Waals surface area contributed by atoms with E-state index in [0.29, 0.717) is 25.4 Å². The van der Waals surface area contributed by atoms with Crippen molar-refractivity contribution in [3.63, 3.8) is 0 Å². The van der Waals surface area contributed by atoms with Crippen LogP contribution in [0.1, 0.15) is 46.5 Å². The van der Waals surface area contributed by atoms with Crippen LogP contribution in [-0.4, -0.2) is 52.8 Å². The Morgan fingerprint density at radius 1 is 1.35 bits per heavy atom. The molecule has 0 saturated carbocycles. The van der Waals surface area contributed by atoms with E-state index in [1.54, 1.807) is 4.90 Å². The molecule has 0 aromatic carbocycles. The van der Waals surface area contributed by atoms with E-state index < -0.39 is 5.60 Å². The lowest BCUT2D eigenvalue weighted by Gasteiger charge is -2.43. The van der Waals surface area contributed by atoms with Crippen LogP contribution >= 0.6 is 0 Å². The van der Waals surface area contributed by atoms with Crippen LogP contribution in [0.5, 0.6) is 0 Å². The molecular weight excluding hydrogens is 260 g/mol. The van der Waals surface area contributed by atoms with Crippen LogP contribution in [-0.2, 0) is 9.47 Å². The Hall–Kier alpha value is -1.30. The minimum Gasteiger partial charge on any atom is -0.444 e. The van der Waals surface area contributed by atoms with Crippen LogP contribution in [0.15, 0.2) is 5.16 Å². The largest absolute Gasteiger partial charge is 0.444 e. The Bertz CT molecular complexity index is 380. The summed E-state index contributed by atoms with van der Waals surface area (Å²) in [5, 5.41) is 12.0. The molecule has 1 N–H and O–H groups in total. The van der Waals surface area contributed by atoms with Gasteiger partial charge in [-0.05, 0) is 46.5 Å². The third-order valence-electron chi connectivity index (χ3n) is 3.88. The maximum atomic E-state index is 12.0. The van der Waals surface area contributed by atoms with Gasteiger partial charge in [0.2, 0.25) is 0 Å². The monoisotopic (exact) mass is 284 g/mol. The molecule has 2 fully saturated rings. The number of carbonyl (C=O) groups is 1. The first-order valence-corrected chi connectivity index (χ1v) is 7.15.